The number of benzene rings is 1. The molecular weight excluding hydrogens is 205 g/mol. The zero-order chi connectivity index (χ0) is 11.5. The maximum Gasteiger partial charge on any atom is 0.130 e. The van der Waals surface area contributed by atoms with Crippen LogP contribution in [0.15, 0.2) is 12.1 Å². The van der Waals surface area contributed by atoms with E-state index in [1.165, 1.54) is 6.07 Å². The fourth-order valence-corrected chi connectivity index (χ4v) is 2.31. The Morgan fingerprint density at radius 1 is 1.50 bits per heavy atom. The van der Waals surface area contributed by atoms with Crippen molar-refractivity contribution in [3.63, 3.8) is 0 Å². The maximum absolute atomic E-state index is 13.6. The molecule has 1 N–H and O–H groups in total. The summed E-state index contributed by atoms with van der Waals surface area (Å²) in [5.41, 5.74) is 1.92. The van der Waals surface area contributed by atoms with E-state index in [0.29, 0.717) is 11.7 Å². The van der Waals surface area contributed by atoms with Crippen molar-refractivity contribution in [1.82, 2.24) is 5.32 Å². The summed E-state index contributed by atoms with van der Waals surface area (Å²) < 4.78 is 18.9. The molecule has 3 heteroatoms. The van der Waals surface area contributed by atoms with Gasteiger partial charge in [0.25, 0.3) is 0 Å². The first kappa shape index (κ1) is 11.4. The van der Waals surface area contributed by atoms with Crippen LogP contribution in [0.5, 0.6) is 5.75 Å². The van der Waals surface area contributed by atoms with Gasteiger partial charge in [-0.05, 0) is 36.6 Å². The molecule has 0 aliphatic carbocycles. The summed E-state index contributed by atoms with van der Waals surface area (Å²) in [4.78, 5) is 0. The van der Waals surface area contributed by atoms with Crippen molar-refractivity contribution in [3.8, 4) is 5.75 Å². The summed E-state index contributed by atoms with van der Waals surface area (Å²) in [6.07, 6.45) is 1.83. The molecule has 0 spiro atoms. The van der Waals surface area contributed by atoms with Gasteiger partial charge in [0.15, 0.2) is 0 Å². The molecule has 0 saturated carbocycles. The van der Waals surface area contributed by atoms with Crippen LogP contribution >= 0.6 is 0 Å². The van der Waals surface area contributed by atoms with Gasteiger partial charge in [-0.3, -0.25) is 0 Å². The summed E-state index contributed by atoms with van der Waals surface area (Å²) in [7, 11) is 1.60. The molecule has 1 atom stereocenters. The van der Waals surface area contributed by atoms with Crippen LogP contribution in [-0.4, -0.2) is 20.2 Å². The lowest BCUT2D eigenvalue weighted by atomic mass is 9.94. The van der Waals surface area contributed by atoms with E-state index in [0.717, 1.165) is 37.1 Å². The van der Waals surface area contributed by atoms with Crippen LogP contribution in [0.4, 0.5) is 4.39 Å². The Morgan fingerprint density at radius 2 is 2.31 bits per heavy atom. The minimum absolute atomic E-state index is 0.158. The number of ether oxygens (including phenoxy) is 1. The van der Waals surface area contributed by atoms with Crippen LogP contribution in [0.3, 0.4) is 0 Å². The molecule has 1 aromatic carbocycles. The second-order valence-electron chi connectivity index (χ2n) is 4.23. The highest BCUT2D eigenvalue weighted by atomic mass is 19.1. The van der Waals surface area contributed by atoms with E-state index in [1.54, 1.807) is 7.11 Å². The van der Waals surface area contributed by atoms with E-state index in [-0.39, 0.29) is 5.82 Å². The molecule has 0 aromatic heterocycles. The predicted molar refractivity (Wildman–Crippen MR) is 62.6 cm³/mol. The molecule has 1 aliphatic rings. The average Bonchev–Trinajstić information content (AvgIpc) is 2.82. The van der Waals surface area contributed by atoms with Crippen molar-refractivity contribution in [2.75, 3.05) is 20.2 Å². The summed E-state index contributed by atoms with van der Waals surface area (Å²) in [6, 6.07) is 3.48. The van der Waals surface area contributed by atoms with Gasteiger partial charge < -0.3 is 10.1 Å². The van der Waals surface area contributed by atoms with E-state index >= 15 is 0 Å². The van der Waals surface area contributed by atoms with Crippen molar-refractivity contribution in [3.05, 3.63) is 29.1 Å². The Morgan fingerprint density at radius 3 is 2.88 bits per heavy atom. The maximum atomic E-state index is 13.6. The summed E-state index contributed by atoms with van der Waals surface area (Å²) in [5.74, 6) is 0.985. The normalized spacial score (nSPS) is 20.1. The van der Waals surface area contributed by atoms with E-state index in [2.05, 4.69) is 5.32 Å². The first-order chi connectivity index (χ1) is 7.76. The van der Waals surface area contributed by atoms with Crippen LogP contribution in [0.25, 0.3) is 0 Å². The first-order valence-corrected chi connectivity index (χ1v) is 5.83. The third kappa shape index (κ3) is 2.05. The average molecular weight is 223 g/mol. The second kappa shape index (κ2) is 4.83. The smallest absolute Gasteiger partial charge is 0.130 e. The number of aryl methyl sites for hydroxylation is 1. The number of methoxy groups -OCH3 is 1. The van der Waals surface area contributed by atoms with Gasteiger partial charge in [0, 0.05) is 18.5 Å². The molecule has 1 saturated heterocycles. The summed E-state index contributed by atoms with van der Waals surface area (Å²) >= 11 is 0. The highest BCUT2D eigenvalue weighted by molar-refractivity contribution is 5.41. The lowest BCUT2D eigenvalue weighted by Gasteiger charge is -2.15. The summed E-state index contributed by atoms with van der Waals surface area (Å²) in [6.45, 7) is 3.97. The van der Waals surface area contributed by atoms with Crippen molar-refractivity contribution in [1.29, 1.82) is 0 Å². The quantitative estimate of drug-likeness (QED) is 0.850. The molecule has 2 rings (SSSR count). The van der Waals surface area contributed by atoms with Crippen LogP contribution in [0, 0.1) is 5.82 Å². The highest BCUT2D eigenvalue weighted by Crippen LogP contribution is 2.32. The van der Waals surface area contributed by atoms with Gasteiger partial charge >= 0.3 is 0 Å². The molecule has 1 unspecified atom stereocenters. The van der Waals surface area contributed by atoms with Gasteiger partial charge in [-0.15, -0.1) is 0 Å². The fourth-order valence-electron chi connectivity index (χ4n) is 2.31. The van der Waals surface area contributed by atoms with Crippen molar-refractivity contribution < 1.29 is 9.13 Å². The van der Waals surface area contributed by atoms with E-state index in [9.17, 15) is 4.39 Å². The third-order valence-electron chi connectivity index (χ3n) is 3.28. The highest BCUT2D eigenvalue weighted by Gasteiger charge is 2.21. The number of hydrogen-bond donors (Lipinski definition) is 1. The predicted octanol–water partition coefficient (Wildman–Crippen LogP) is 2.47. The van der Waals surface area contributed by atoms with Gasteiger partial charge in [-0.25, -0.2) is 4.39 Å². The Bertz CT molecular complexity index is 372. The van der Waals surface area contributed by atoms with Gasteiger partial charge in [0.2, 0.25) is 0 Å². The first-order valence-electron chi connectivity index (χ1n) is 5.83. The van der Waals surface area contributed by atoms with Crippen molar-refractivity contribution in [2.45, 2.75) is 25.7 Å². The fraction of sp³-hybridized carbons (Fsp3) is 0.538. The monoisotopic (exact) mass is 223 g/mol. The molecule has 1 fully saturated rings. The van der Waals surface area contributed by atoms with E-state index in [1.807, 2.05) is 13.0 Å². The Hall–Kier alpha value is -1.09. The summed E-state index contributed by atoms with van der Waals surface area (Å²) in [5, 5.41) is 3.32. The lowest BCUT2D eigenvalue weighted by molar-refractivity contribution is 0.402. The number of nitrogens with one attached hydrogen (secondary N) is 1. The van der Waals surface area contributed by atoms with Crippen molar-refractivity contribution >= 4 is 0 Å². The Balaban J connectivity index is 2.40. The Kier molecular flexibility index (Phi) is 3.44. The van der Waals surface area contributed by atoms with Crippen LogP contribution in [0.2, 0.25) is 0 Å². The number of hydrogen-bond acceptors (Lipinski definition) is 2. The largest absolute Gasteiger partial charge is 0.496 e. The zero-order valence-electron chi connectivity index (χ0n) is 9.85. The second-order valence-corrected chi connectivity index (χ2v) is 4.23. The van der Waals surface area contributed by atoms with Crippen LogP contribution < -0.4 is 10.1 Å². The number of halogens is 1. The molecule has 1 heterocycles. The molecule has 0 amide bonds. The standard InChI is InChI=1S/C13H18FNO/c1-3-9-6-11(10-4-5-15-8-10)13(16-2)7-12(9)14/h6-7,10,15H,3-5,8H2,1-2H3. The lowest BCUT2D eigenvalue weighted by Crippen LogP contribution is -2.09. The molecule has 0 radical (unpaired) electrons. The van der Waals surface area contributed by atoms with E-state index in [4.69, 9.17) is 4.74 Å². The molecule has 2 nitrogen and oxygen atoms in total. The number of rotatable bonds is 3. The molecule has 16 heavy (non-hydrogen) atoms. The molecule has 0 bridgehead atoms. The molecule has 1 aliphatic heterocycles. The minimum atomic E-state index is -0.158. The van der Waals surface area contributed by atoms with Crippen LogP contribution in [-0.2, 0) is 6.42 Å². The molecule has 88 valence electrons. The van der Waals surface area contributed by atoms with Gasteiger partial charge in [-0.1, -0.05) is 6.92 Å². The molecular formula is C13H18FNO. The van der Waals surface area contributed by atoms with E-state index < -0.39 is 0 Å². The van der Waals surface area contributed by atoms with Gasteiger partial charge in [-0.2, -0.15) is 0 Å². The van der Waals surface area contributed by atoms with Crippen molar-refractivity contribution in [2.24, 2.45) is 0 Å². The van der Waals surface area contributed by atoms with Gasteiger partial charge in [0.1, 0.15) is 11.6 Å². The SMILES string of the molecule is CCc1cc(C2CCNC2)c(OC)cc1F. The minimum Gasteiger partial charge on any atom is -0.496 e. The van der Waals surface area contributed by atoms with Gasteiger partial charge in [0.05, 0.1) is 7.11 Å². The van der Waals surface area contributed by atoms with Crippen LogP contribution in [0.1, 0.15) is 30.4 Å². The molecule has 1 aromatic rings. The topological polar surface area (TPSA) is 21.3 Å². The Labute approximate surface area is 95.8 Å². The third-order valence-corrected chi connectivity index (χ3v) is 3.28. The zero-order valence-corrected chi connectivity index (χ0v) is 9.85.